The van der Waals surface area contributed by atoms with Crippen LogP contribution in [0.3, 0.4) is 0 Å². The molecule has 0 aromatic heterocycles. The quantitative estimate of drug-likeness (QED) is 0.765. The topological polar surface area (TPSA) is 41.1 Å². The second kappa shape index (κ2) is 7.13. The molecule has 18 heavy (non-hydrogen) atoms. The lowest BCUT2D eigenvalue weighted by Gasteiger charge is -2.25. The first-order valence-corrected chi connectivity index (χ1v) is 7.55. The van der Waals surface area contributed by atoms with Crippen LogP contribution in [0.1, 0.15) is 60.3 Å². The van der Waals surface area contributed by atoms with Crippen molar-refractivity contribution in [1.82, 2.24) is 10.6 Å². The van der Waals surface area contributed by atoms with E-state index in [4.69, 9.17) is 0 Å². The van der Waals surface area contributed by atoms with E-state index < -0.39 is 0 Å². The summed E-state index contributed by atoms with van der Waals surface area (Å²) in [6, 6.07) is 0.695. The van der Waals surface area contributed by atoms with E-state index >= 15 is 0 Å². The Hall–Kier alpha value is -0.570. The van der Waals surface area contributed by atoms with Gasteiger partial charge in [-0.25, -0.2) is 0 Å². The molecule has 5 atom stereocenters. The van der Waals surface area contributed by atoms with Crippen LogP contribution in [0, 0.1) is 11.8 Å². The average Bonchev–Trinajstić information content (AvgIpc) is 2.70. The zero-order valence-electron chi connectivity index (χ0n) is 12.6. The number of nitrogens with one attached hydrogen (secondary N) is 2. The second-order valence-electron chi connectivity index (χ2n) is 5.92. The predicted molar refractivity (Wildman–Crippen MR) is 76.5 cm³/mol. The Balaban J connectivity index is 2.40. The maximum Gasteiger partial charge on any atom is 0.237 e. The minimum absolute atomic E-state index is 0.0814. The third kappa shape index (κ3) is 3.98. The first-order valence-electron chi connectivity index (χ1n) is 7.55. The zero-order chi connectivity index (χ0) is 13.7. The predicted octanol–water partition coefficient (Wildman–Crippen LogP) is 2.70. The molecule has 1 rings (SSSR count). The summed E-state index contributed by atoms with van der Waals surface area (Å²) in [7, 11) is 0. The Labute approximate surface area is 112 Å². The highest BCUT2D eigenvalue weighted by Gasteiger charge is 2.33. The fraction of sp³-hybridized carbons (Fsp3) is 0.933. The number of amides is 1. The van der Waals surface area contributed by atoms with Crippen molar-refractivity contribution in [2.24, 2.45) is 11.8 Å². The molecule has 1 aliphatic carbocycles. The first kappa shape index (κ1) is 15.5. The van der Waals surface area contributed by atoms with Gasteiger partial charge in [-0.2, -0.15) is 0 Å². The summed E-state index contributed by atoms with van der Waals surface area (Å²) >= 11 is 0. The van der Waals surface area contributed by atoms with E-state index in [0.29, 0.717) is 12.0 Å². The van der Waals surface area contributed by atoms with Crippen molar-refractivity contribution >= 4 is 5.91 Å². The maximum absolute atomic E-state index is 12.0. The summed E-state index contributed by atoms with van der Waals surface area (Å²) < 4.78 is 0. The highest BCUT2D eigenvalue weighted by atomic mass is 16.2. The largest absolute Gasteiger partial charge is 0.352 e. The maximum atomic E-state index is 12.0. The Kier molecular flexibility index (Phi) is 6.13. The van der Waals surface area contributed by atoms with Crippen molar-refractivity contribution in [3.8, 4) is 0 Å². The normalized spacial score (nSPS) is 31.1. The van der Waals surface area contributed by atoms with Gasteiger partial charge in [0.1, 0.15) is 0 Å². The molecule has 0 aromatic carbocycles. The molecule has 0 radical (unpaired) electrons. The summed E-state index contributed by atoms with van der Waals surface area (Å²) in [6.07, 6.45) is 4.75. The molecular weight excluding hydrogens is 224 g/mol. The molecule has 5 unspecified atom stereocenters. The van der Waals surface area contributed by atoms with Gasteiger partial charge in [0, 0.05) is 12.1 Å². The van der Waals surface area contributed by atoms with E-state index in [-0.39, 0.29) is 18.0 Å². The van der Waals surface area contributed by atoms with Crippen LogP contribution >= 0.6 is 0 Å². The van der Waals surface area contributed by atoms with Gasteiger partial charge in [0.25, 0.3) is 0 Å². The number of hydrogen-bond acceptors (Lipinski definition) is 2. The molecule has 0 spiro atoms. The molecule has 0 aliphatic heterocycles. The molecule has 0 heterocycles. The van der Waals surface area contributed by atoms with Crippen molar-refractivity contribution < 1.29 is 4.79 Å². The summed E-state index contributed by atoms with van der Waals surface area (Å²) in [5, 5.41) is 6.55. The van der Waals surface area contributed by atoms with E-state index in [0.717, 1.165) is 12.3 Å². The number of hydrogen-bond donors (Lipinski definition) is 2. The van der Waals surface area contributed by atoms with Gasteiger partial charge in [-0.05, 0) is 44.9 Å². The lowest BCUT2D eigenvalue weighted by molar-refractivity contribution is -0.123. The Morgan fingerprint density at radius 3 is 2.44 bits per heavy atom. The summed E-state index contributed by atoms with van der Waals surface area (Å²) in [5.74, 6) is 1.65. The molecule has 0 bridgehead atoms. The second-order valence-corrected chi connectivity index (χ2v) is 5.92. The molecule has 1 saturated carbocycles. The summed E-state index contributed by atoms with van der Waals surface area (Å²) in [4.78, 5) is 12.0. The van der Waals surface area contributed by atoms with Crippen molar-refractivity contribution in [1.29, 1.82) is 0 Å². The van der Waals surface area contributed by atoms with Gasteiger partial charge in [-0.3, -0.25) is 4.79 Å². The molecule has 1 amide bonds. The molecule has 106 valence electrons. The highest BCUT2D eigenvalue weighted by Crippen LogP contribution is 2.33. The molecule has 3 heteroatoms. The molecular formula is C15H30N2O. The molecule has 1 aliphatic rings. The zero-order valence-corrected chi connectivity index (χ0v) is 12.6. The van der Waals surface area contributed by atoms with Gasteiger partial charge in [0.15, 0.2) is 0 Å². The molecule has 3 nitrogen and oxygen atoms in total. The first-order chi connectivity index (χ1) is 8.49. The molecule has 0 saturated heterocycles. The van der Waals surface area contributed by atoms with Crippen molar-refractivity contribution in [3.63, 3.8) is 0 Å². The van der Waals surface area contributed by atoms with Crippen LogP contribution in [-0.2, 0) is 4.79 Å². The Morgan fingerprint density at radius 1 is 1.28 bits per heavy atom. The van der Waals surface area contributed by atoms with Gasteiger partial charge >= 0.3 is 0 Å². The van der Waals surface area contributed by atoms with Crippen LogP contribution in [0.2, 0.25) is 0 Å². The highest BCUT2D eigenvalue weighted by molar-refractivity contribution is 5.81. The molecule has 1 fully saturated rings. The molecule has 0 aromatic rings. The lowest BCUT2D eigenvalue weighted by Crippen LogP contribution is -2.49. The number of carbonyl (C=O) groups excluding carboxylic acids is 1. The van der Waals surface area contributed by atoms with E-state index in [9.17, 15) is 4.79 Å². The van der Waals surface area contributed by atoms with Crippen molar-refractivity contribution in [3.05, 3.63) is 0 Å². The van der Waals surface area contributed by atoms with Gasteiger partial charge in [-0.1, -0.05) is 27.2 Å². The van der Waals surface area contributed by atoms with Gasteiger partial charge < -0.3 is 10.6 Å². The summed E-state index contributed by atoms with van der Waals surface area (Å²) in [6.45, 7) is 10.7. The van der Waals surface area contributed by atoms with Crippen LogP contribution in [0.5, 0.6) is 0 Å². The number of carbonyl (C=O) groups is 1. The number of rotatable bonds is 6. The minimum atomic E-state index is -0.0814. The van der Waals surface area contributed by atoms with Crippen LogP contribution in [-0.4, -0.2) is 24.0 Å². The van der Waals surface area contributed by atoms with Crippen LogP contribution in [0.25, 0.3) is 0 Å². The van der Waals surface area contributed by atoms with Gasteiger partial charge in [0.05, 0.1) is 6.04 Å². The van der Waals surface area contributed by atoms with E-state index in [1.54, 1.807) is 0 Å². The fourth-order valence-corrected chi connectivity index (χ4v) is 2.93. The lowest BCUT2D eigenvalue weighted by atomic mass is 9.93. The van der Waals surface area contributed by atoms with Gasteiger partial charge in [0.2, 0.25) is 5.91 Å². The summed E-state index contributed by atoms with van der Waals surface area (Å²) in [5.41, 5.74) is 0. The van der Waals surface area contributed by atoms with E-state index in [1.807, 2.05) is 6.92 Å². The smallest absolute Gasteiger partial charge is 0.237 e. The van der Waals surface area contributed by atoms with E-state index in [2.05, 4.69) is 38.3 Å². The Bertz CT molecular complexity index is 267. The Morgan fingerprint density at radius 2 is 1.94 bits per heavy atom. The van der Waals surface area contributed by atoms with Crippen molar-refractivity contribution in [2.45, 2.75) is 78.4 Å². The fourth-order valence-electron chi connectivity index (χ4n) is 2.93. The minimum Gasteiger partial charge on any atom is -0.352 e. The van der Waals surface area contributed by atoms with Gasteiger partial charge in [-0.15, -0.1) is 0 Å². The van der Waals surface area contributed by atoms with E-state index in [1.165, 1.54) is 19.3 Å². The standard InChI is InChI=1S/C15H30N2O/c1-6-10(3)16-15(18)12(5)17-14-9-8-13(7-2)11(14)4/h10-14,17H,6-9H2,1-5H3,(H,16,18). The van der Waals surface area contributed by atoms with Crippen LogP contribution < -0.4 is 10.6 Å². The third-order valence-electron chi connectivity index (χ3n) is 4.61. The van der Waals surface area contributed by atoms with Crippen molar-refractivity contribution in [2.75, 3.05) is 0 Å². The third-order valence-corrected chi connectivity index (χ3v) is 4.61. The SMILES string of the molecule is CCC(C)NC(=O)C(C)NC1CCC(CC)C1C. The van der Waals surface area contributed by atoms with Crippen LogP contribution in [0.4, 0.5) is 0 Å². The average molecular weight is 254 g/mol. The monoisotopic (exact) mass is 254 g/mol. The molecule has 2 N–H and O–H groups in total. The van der Waals surface area contributed by atoms with Crippen LogP contribution in [0.15, 0.2) is 0 Å².